The summed E-state index contributed by atoms with van der Waals surface area (Å²) in [6.45, 7) is 4.52. The number of hydrogen-bond acceptors (Lipinski definition) is 1. The Bertz CT molecular complexity index is 420. The van der Waals surface area contributed by atoms with Gasteiger partial charge in [0.15, 0.2) is 0 Å². The first-order valence-corrected chi connectivity index (χ1v) is 5.39. The molecule has 0 N–H and O–H groups in total. The lowest BCUT2D eigenvalue weighted by Gasteiger charge is -2.05. The Morgan fingerprint density at radius 1 is 1.27 bits per heavy atom. The molecule has 0 spiro atoms. The van der Waals surface area contributed by atoms with Gasteiger partial charge in [0.25, 0.3) is 0 Å². The van der Waals surface area contributed by atoms with E-state index in [9.17, 15) is 0 Å². The third-order valence-corrected chi connectivity index (χ3v) is 2.92. The fourth-order valence-corrected chi connectivity index (χ4v) is 1.76. The summed E-state index contributed by atoms with van der Waals surface area (Å²) >= 11 is 0. The molecule has 1 aliphatic carbocycles. The van der Waals surface area contributed by atoms with Crippen LogP contribution < -0.4 is 0 Å². The van der Waals surface area contributed by atoms with Crippen LogP contribution >= 0.6 is 0 Å². The van der Waals surface area contributed by atoms with Crippen molar-refractivity contribution in [3.63, 3.8) is 0 Å². The van der Waals surface area contributed by atoms with Gasteiger partial charge in [-0.15, -0.1) is 0 Å². The zero-order chi connectivity index (χ0) is 10.7. The Labute approximate surface area is 91.2 Å². The van der Waals surface area contributed by atoms with E-state index in [1.807, 2.05) is 18.2 Å². The van der Waals surface area contributed by atoms with Gasteiger partial charge in [-0.05, 0) is 41.9 Å². The van der Waals surface area contributed by atoms with E-state index in [1.165, 1.54) is 5.57 Å². The maximum atomic E-state index is 4.18. The molecule has 0 saturated heterocycles. The van der Waals surface area contributed by atoms with E-state index in [4.69, 9.17) is 0 Å². The lowest BCUT2D eigenvalue weighted by Crippen LogP contribution is -1.96. The number of aromatic nitrogens is 1. The summed E-state index contributed by atoms with van der Waals surface area (Å²) in [5.41, 5.74) is 2.12. The van der Waals surface area contributed by atoms with Crippen LogP contribution in [0.3, 0.4) is 0 Å². The number of nitrogens with zero attached hydrogens (tertiary/aromatic N) is 1. The zero-order valence-electron chi connectivity index (χ0n) is 9.20. The minimum absolute atomic E-state index is 0.665. The van der Waals surface area contributed by atoms with Gasteiger partial charge in [0, 0.05) is 6.20 Å². The van der Waals surface area contributed by atoms with Crippen molar-refractivity contribution in [1.82, 2.24) is 4.98 Å². The van der Waals surface area contributed by atoms with Crippen LogP contribution in [0.4, 0.5) is 0 Å². The van der Waals surface area contributed by atoms with Gasteiger partial charge in [0.2, 0.25) is 0 Å². The number of allylic oxidation sites excluding steroid dienone is 2. The molecule has 0 aliphatic heterocycles. The average Bonchev–Trinajstić information content (AvgIpc) is 2.57. The molecule has 0 fully saturated rings. The fraction of sp³-hybridized carbons (Fsp3) is 0.357. The highest BCUT2D eigenvalue weighted by Gasteiger charge is 2.18. The molecule has 76 valence electrons. The molecule has 0 bridgehead atoms. The van der Waals surface area contributed by atoms with Crippen LogP contribution in [-0.2, 0) is 0 Å². The lowest BCUT2D eigenvalue weighted by molar-refractivity contribution is 0.496. The number of hydrogen-bond donors (Lipinski definition) is 0. The number of rotatable bonds is 0. The highest BCUT2D eigenvalue weighted by Crippen LogP contribution is 2.29. The molecule has 0 radical (unpaired) electrons. The minimum atomic E-state index is 0.665. The van der Waals surface area contributed by atoms with Gasteiger partial charge < -0.3 is 0 Å². The van der Waals surface area contributed by atoms with Gasteiger partial charge >= 0.3 is 0 Å². The molecule has 2 atom stereocenters. The van der Waals surface area contributed by atoms with E-state index in [2.05, 4.69) is 36.7 Å². The van der Waals surface area contributed by atoms with Gasteiger partial charge in [-0.1, -0.05) is 31.9 Å². The molecular weight excluding hydrogens is 182 g/mol. The van der Waals surface area contributed by atoms with Crippen molar-refractivity contribution in [3.8, 4) is 11.8 Å². The topological polar surface area (TPSA) is 12.9 Å². The summed E-state index contributed by atoms with van der Waals surface area (Å²) in [7, 11) is 0. The van der Waals surface area contributed by atoms with Crippen molar-refractivity contribution in [2.75, 3.05) is 0 Å². The quantitative estimate of drug-likeness (QED) is 0.582. The Kier molecular flexibility index (Phi) is 2.87. The van der Waals surface area contributed by atoms with Crippen LogP contribution in [0.15, 0.2) is 36.0 Å². The van der Waals surface area contributed by atoms with Gasteiger partial charge in [0.1, 0.15) is 5.69 Å². The van der Waals surface area contributed by atoms with Crippen LogP contribution in [0.1, 0.15) is 26.0 Å². The molecule has 2 rings (SSSR count). The fourth-order valence-electron chi connectivity index (χ4n) is 1.76. The molecule has 0 aromatic carbocycles. The highest BCUT2D eigenvalue weighted by molar-refractivity contribution is 5.39. The predicted molar refractivity (Wildman–Crippen MR) is 62.1 cm³/mol. The Morgan fingerprint density at radius 2 is 2.13 bits per heavy atom. The summed E-state index contributed by atoms with van der Waals surface area (Å²) in [4.78, 5) is 4.18. The van der Waals surface area contributed by atoms with Crippen LogP contribution in [0.5, 0.6) is 0 Å². The van der Waals surface area contributed by atoms with Crippen LogP contribution in [-0.4, -0.2) is 4.98 Å². The zero-order valence-corrected chi connectivity index (χ0v) is 9.20. The SMILES string of the molecule is C[C@@H]1C=C(C#Cc2ccccn2)C[C@H]1C. The molecule has 1 aromatic heterocycles. The van der Waals surface area contributed by atoms with Crippen molar-refractivity contribution < 1.29 is 0 Å². The van der Waals surface area contributed by atoms with Crippen molar-refractivity contribution >= 4 is 0 Å². The molecule has 1 nitrogen and oxygen atoms in total. The average molecular weight is 197 g/mol. The van der Waals surface area contributed by atoms with E-state index in [0.29, 0.717) is 5.92 Å². The second-order valence-electron chi connectivity index (χ2n) is 4.20. The van der Waals surface area contributed by atoms with Crippen LogP contribution in [0.25, 0.3) is 0 Å². The van der Waals surface area contributed by atoms with E-state index in [0.717, 1.165) is 18.0 Å². The minimum Gasteiger partial charge on any atom is -0.248 e. The molecule has 1 aliphatic rings. The Balaban J connectivity index is 2.11. The van der Waals surface area contributed by atoms with Crippen molar-refractivity contribution in [3.05, 3.63) is 41.7 Å². The largest absolute Gasteiger partial charge is 0.248 e. The van der Waals surface area contributed by atoms with E-state index in [1.54, 1.807) is 6.20 Å². The maximum absolute atomic E-state index is 4.18. The van der Waals surface area contributed by atoms with E-state index >= 15 is 0 Å². The monoisotopic (exact) mass is 197 g/mol. The molecule has 1 heteroatoms. The first-order valence-electron chi connectivity index (χ1n) is 5.39. The Morgan fingerprint density at radius 3 is 2.73 bits per heavy atom. The number of pyridine rings is 1. The summed E-state index contributed by atoms with van der Waals surface area (Å²) < 4.78 is 0. The second kappa shape index (κ2) is 4.31. The molecule has 0 saturated carbocycles. The second-order valence-corrected chi connectivity index (χ2v) is 4.20. The van der Waals surface area contributed by atoms with Crippen molar-refractivity contribution in [1.29, 1.82) is 0 Å². The van der Waals surface area contributed by atoms with Gasteiger partial charge in [-0.2, -0.15) is 0 Å². The van der Waals surface area contributed by atoms with E-state index in [-0.39, 0.29) is 0 Å². The molecule has 1 aromatic rings. The van der Waals surface area contributed by atoms with Crippen molar-refractivity contribution in [2.24, 2.45) is 11.8 Å². The van der Waals surface area contributed by atoms with Crippen LogP contribution in [0.2, 0.25) is 0 Å². The van der Waals surface area contributed by atoms with Gasteiger partial charge in [-0.25, -0.2) is 4.98 Å². The predicted octanol–water partition coefficient (Wildman–Crippen LogP) is 3.04. The van der Waals surface area contributed by atoms with Gasteiger partial charge in [-0.3, -0.25) is 0 Å². The first-order chi connectivity index (χ1) is 7.25. The normalized spacial score (nSPS) is 24.3. The Hall–Kier alpha value is -1.55. The van der Waals surface area contributed by atoms with Crippen LogP contribution in [0, 0.1) is 23.7 Å². The molecule has 0 unspecified atom stereocenters. The van der Waals surface area contributed by atoms with Gasteiger partial charge in [0.05, 0.1) is 0 Å². The first kappa shape index (κ1) is 9.98. The van der Waals surface area contributed by atoms with Crippen molar-refractivity contribution in [2.45, 2.75) is 20.3 Å². The smallest absolute Gasteiger partial charge is 0.113 e. The van der Waals surface area contributed by atoms with E-state index < -0.39 is 0 Å². The molecule has 1 heterocycles. The maximum Gasteiger partial charge on any atom is 0.113 e. The highest BCUT2D eigenvalue weighted by atomic mass is 14.6. The molecule has 0 amide bonds. The lowest BCUT2D eigenvalue weighted by atomic mass is 10.00. The third kappa shape index (κ3) is 2.47. The molecular formula is C14H15N. The molecule has 15 heavy (non-hydrogen) atoms. The standard InChI is InChI=1S/C14H15N/c1-11-9-13(10-12(11)2)6-7-14-5-3-4-8-15-14/h3-5,8-9,11-12H,10H2,1-2H3/t11-,12-/m1/s1. The third-order valence-electron chi connectivity index (χ3n) is 2.92. The summed E-state index contributed by atoms with van der Waals surface area (Å²) in [6, 6.07) is 5.81. The summed E-state index contributed by atoms with van der Waals surface area (Å²) in [5.74, 6) is 7.70. The summed E-state index contributed by atoms with van der Waals surface area (Å²) in [6.07, 6.45) is 5.17. The summed E-state index contributed by atoms with van der Waals surface area (Å²) in [5, 5.41) is 0.